The average Bonchev–Trinajstić information content (AvgIpc) is 2.50. The van der Waals surface area contributed by atoms with Crippen LogP contribution < -0.4 is 5.32 Å². The molecule has 2 amide bonds. The highest BCUT2D eigenvalue weighted by atomic mass is 16.2. The van der Waals surface area contributed by atoms with Crippen molar-refractivity contribution in [1.82, 2.24) is 15.1 Å². The first-order valence-corrected chi connectivity index (χ1v) is 8.44. The second-order valence-electron chi connectivity index (χ2n) is 6.24. The first-order chi connectivity index (χ1) is 10.2. The van der Waals surface area contributed by atoms with Crippen molar-refractivity contribution in [3.05, 3.63) is 0 Å². The second-order valence-corrected chi connectivity index (χ2v) is 6.24. The van der Waals surface area contributed by atoms with Gasteiger partial charge in [-0.05, 0) is 32.2 Å². The van der Waals surface area contributed by atoms with Gasteiger partial charge in [0.15, 0.2) is 0 Å². The van der Waals surface area contributed by atoms with Gasteiger partial charge >= 0.3 is 0 Å². The topological polar surface area (TPSA) is 52.7 Å². The predicted molar refractivity (Wildman–Crippen MR) is 82.9 cm³/mol. The summed E-state index contributed by atoms with van der Waals surface area (Å²) in [7, 11) is 0. The van der Waals surface area contributed by atoms with Gasteiger partial charge in [0, 0.05) is 19.1 Å². The number of nitrogens with zero attached hydrogens (tertiary/aromatic N) is 2. The van der Waals surface area contributed by atoms with Crippen molar-refractivity contribution >= 4 is 11.8 Å². The number of nitrogens with one attached hydrogen (secondary N) is 1. The SMILES string of the molecule is CCNC(CN1CC(=O)N(CC)CC1=O)C1CCCCC1. The molecule has 5 heteroatoms. The Hall–Kier alpha value is -1.10. The summed E-state index contributed by atoms with van der Waals surface area (Å²) in [6, 6.07) is 0.334. The minimum Gasteiger partial charge on any atom is -0.332 e. The van der Waals surface area contributed by atoms with Crippen LogP contribution in [0.15, 0.2) is 0 Å². The molecular formula is C16H29N3O2. The maximum absolute atomic E-state index is 12.2. The molecule has 0 spiro atoms. The molecule has 0 aromatic carbocycles. The van der Waals surface area contributed by atoms with Gasteiger partial charge in [0.1, 0.15) is 0 Å². The van der Waals surface area contributed by atoms with Crippen molar-refractivity contribution in [2.75, 3.05) is 32.7 Å². The average molecular weight is 295 g/mol. The van der Waals surface area contributed by atoms with Crippen LogP contribution >= 0.6 is 0 Å². The molecule has 0 radical (unpaired) electrons. The van der Waals surface area contributed by atoms with Gasteiger partial charge in [-0.2, -0.15) is 0 Å². The summed E-state index contributed by atoms with van der Waals surface area (Å²) in [5, 5.41) is 3.54. The molecular weight excluding hydrogens is 266 g/mol. The molecule has 1 saturated carbocycles. The van der Waals surface area contributed by atoms with E-state index in [9.17, 15) is 9.59 Å². The highest BCUT2D eigenvalue weighted by Crippen LogP contribution is 2.27. The Kier molecular flexibility index (Phi) is 6.03. The quantitative estimate of drug-likeness (QED) is 0.802. The molecule has 0 aromatic heterocycles. The van der Waals surface area contributed by atoms with Gasteiger partial charge in [-0.1, -0.05) is 26.2 Å². The zero-order valence-electron chi connectivity index (χ0n) is 13.4. The monoisotopic (exact) mass is 295 g/mol. The number of piperazine rings is 1. The number of carbonyl (C=O) groups is 2. The minimum absolute atomic E-state index is 0.0796. The van der Waals surface area contributed by atoms with Crippen molar-refractivity contribution in [1.29, 1.82) is 0 Å². The molecule has 120 valence electrons. The lowest BCUT2D eigenvalue weighted by atomic mass is 9.83. The standard InChI is InChI=1S/C16H29N3O2/c1-3-17-14(13-8-6-5-7-9-13)10-19-12-15(20)18(4-2)11-16(19)21/h13-14,17H,3-12H2,1-2H3. The van der Waals surface area contributed by atoms with Gasteiger partial charge in [0.25, 0.3) is 0 Å². The molecule has 1 heterocycles. The lowest BCUT2D eigenvalue weighted by molar-refractivity contribution is -0.150. The second kappa shape index (κ2) is 7.78. The van der Waals surface area contributed by atoms with E-state index in [1.165, 1.54) is 32.1 Å². The van der Waals surface area contributed by atoms with Crippen molar-refractivity contribution in [3.8, 4) is 0 Å². The molecule has 2 aliphatic rings. The third-order valence-corrected chi connectivity index (χ3v) is 4.84. The fourth-order valence-corrected chi connectivity index (χ4v) is 3.57. The molecule has 0 aromatic rings. The lowest BCUT2D eigenvalue weighted by Gasteiger charge is -2.38. The molecule has 2 rings (SSSR count). The predicted octanol–water partition coefficient (Wildman–Crippen LogP) is 1.24. The van der Waals surface area contributed by atoms with Crippen LogP contribution in [0, 0.1) is 5.92 Å². The highest BCUT2D eigenvalue weighted by Gasteiger charge is 2.32. The number of likely N-dealkylation sites (N-methyl/N-ethyl adjacent to an activating group) is 2. The van der Waals surface area contributed by atoms with E-state index in [2.05, 4.69) is 12.2 Å². The zero-order chi connectivity index (χ0) is 15.2. The summed E-state index contributed by atoms with van der Waals surface area (Å²) >= 11 is 0. The van der Waals surface area contributed by atoms with E-state index in [0.29, 0.717) is 25.0 Å². The van der Waals surface area contributed by atoms with Gasteiger partial charge in [-0.15, -0.1) is 0 Å². The largest absolute Gasteiger partial charge is 0.332 e. The summed E-state index contributed by atoms with van der Waals surface area (Å²) in [6.45, 7) is 6.75. The maximum atomic E-state index is 12.2. The fourth-order valence-electron chi connectivity index (χ4n) is 3.57. The molecule has 1 aliphatic carbocycles. The van der Waals surface area contributed by atoms with E-state index >= 15 is 0 Å². The van der Waals surface area contributed by atoms with Crippen LogP contribution in [0.2, 0.25) is 0 Å². The maximum Gasteiger partial charge on any atom is 0.242 e. The van der Waals surface area contributed by atoms with Gasteiger partial charge in [0.05, 0.1) is 13.1 Å². The van der Waals surface area contributed by atoms with Crippen molar-refractivity contribution in [2.24, 2.45) is 5.92 Å². The Labute approximate surface area is 128 Å². The summed E-state index contributed by atoms with van der Waals surface area (Å²) < 4.78 is 0. The van der Waals surface area contributed by atoms with E-state index < -0.39 is 0 Å². The fraction of sp³-hybridized carbons (Fsp3) is 0.875. The smallest absolute Gasteiger partial charge is 0.242 e. The van der Waals surface area contributed by atoms with Crippen LogP contribution in [0.4, 0.5) is 0 Å². The first kappa shape index (κ1) is 16.3. The van der Waals surface area contributed by atoms with Gasteiger partial charge in [-0.25, -0.2) is 0 Å². The van der Waals surface area contributed by atoms with Crippen LogP contribution in [0.3, 0.4) is 0 Å². The number of hydrogen-bond donors (Lipinski definition) is 1. The number of carbonyl (C=O) groups excluding carboxylic acids is 2. The van der Waals surface area contributed by atoms with Crippen molar-refractivity contribution in [2.45, 2.75) is 52.0 Å². The normalized spacial score (nSPS) is 22.8. The Morgan fingerprint density at radius 2 is 1.67 bits per heavy atom. The minimum atomic E-state index is 0.0796. The van der Waals surface area contributed by atoms with E-state index in [1.54, 1.807) is 9.80 Å². The highest BCUT2D eigenvalue weighted by molar-refractivity contribution is 5.92. The number of rotatable bonds is 6. The molecule has 1 N–H and O–H groups in total. The molecule has 1 saturated heterocycles. The lowest BCUT2D eigenvalue weighted by Crippen LogP contribution is -2.57. The molecule has 21 heavy (non-hydrogen) atoms. The Morgan fingerprint density at radius 1 is 1.05 bits per heavy atom. The van der Waals surface area contributed by atoms with Gasteiger partial charge < -0.3 is 15.1 Å². The van der Waals surface area contributed by atoms with Gasteiger partial charge in [0.2, 0.25) is 11.8 Å². The Morgan fingerprint density at radius 3 is 2.29 bits per heavy atom. The summed E-state index contributed by atoms with van der Waals surface area (Å²) in [4.78, 5) is 27.6. The van der Waals surface area contributed by atoms with E-state index in [1.807, 2.05) is 6.92 Å². The number of hydrogen-bond acceptors (Lipinski definition) is 3. The molecule has 0 bridgehead atoms. The van der Waals surface area contributed by atoms with Crippen LogP contribution in [-0.4, -0.2) is 60.4 Å². The molecule has 1 unspecified atom stereocenters. The third-order valence-electron chi connectivity index (χ3n) is 4.84. The first-order valence-electron chi connectivity index (χ1n) is 8.44. The molecule has 1 atom stereocenters. The van der Waals surface area contributed by atoms with Crippen molar-refractivity contribution < 1.29 is 9.59 Å². The molecule has 2 fully saturated rings. The number of amides is 2. The van der Waals surface area contributed by atoms with Crippen LogP contribution in [-0.2, 0) is 9.59 Å². The molecule has 1 aliphatic heterocycles. The van der Waals surface area contributed by atoms with E-state index in [0.717, 1.165) is 6.54 Å². The summed E-state index contributed by atoms with van der Waals surface area (Å²) in [5.41, 5.74) is 0. The van der Waals surface area contributed by atoms with Crippen LogP contribution in [0.5, 0.6) is 0 Å². The van der Waals surface area contributed by atoms with E-state index in [-0.39, 0.29) is 24.9 Å². The summed E-state index contributed by atoms with van der Waals surface area (Å²) in [6.07, 6.45) is 6.41. The van der Waals surface area contributed by atoms with Crippen molar-refractivity contribution in [3.63, 3.8) is 0 Å². The Balaban J connectivity index is 1.96. The Bertz CT molecular complexity index is 367. The summed E-state index contributed by atoms with van der Waals surface area (Å²) in [5.74, 6) is 0.817. The van der Waals surface area contributed by atoms with Gasteiger partial charge in [-0.3, -0.25) is 9.59 Å². The zero-order valence-corrected chi connectivity index (χ0v) is 13.4. The van der Waals surface area contributed by atoms with Crippen LogP contribution in [0.25, 0.3) is 0 Å². The van der Waals surface area contributed by atoms with Crippen LogP contribution in [0.1, 0.15) is 46.0 Å². The molecule has 5 nitrogen and oxygen atoms in total. The third kappa shape index (κ3) is 4.19. The van der Waals surface area contributed by atoms with E-state index in [4.69, 9.17) is 0 Å².